The van der Waals surface area contributed by atoms with Crippen molar-refractivity contribution in [2.24, 2.45) is 0 Å². The number of rotatable bonds is 7. The molecule has 1 N–H and O–H groups in total. The van der Waals surface area contributed by atoms with Crippen LogP contribution < -0.4 is 5.32 Å². The van der Waals surface area contributed by atoms with Gasteiger partial charge in [-0.15, -0.1) is 0 Å². The first-order valence-corrected chi connectivity index (χ1v) is 6.17. The van der Waals surface area contributed by atoms with Crippen molar-refractivity contribution in [3.05, 3.63) is 0 Å². The van der Waals surface area contributed by atoms with Crippen LogP contribution in [0.25, 0.3) is 0 Å². The molecule has 1 unspecified atom stereocenters. The zero-order valence-corrected chi connectivity index (χ0v) is 9.76. The first-order valence-electron chi connectivity index (χ1n) is 6.17. The molecule has 0 aromatic carbocycles. The van der Waals surface area contributed by atoms with Gasteiger partial charge in [-0.1, -0.05) is 32.6 Å². The molecule has 0 aliphatic carbocycles. The molecule has 0 bridgehead atoms. The van der Waals surface area contributed by atoms with E-state index in [1.807, 2.05) is 0 Å². The van der Waals surface area contributed by atoms with Crippen LogP contribution >= 0.6 is 0 Å². The number of hydrogen-bond donors (Lipinski definition) is 1. The SMILES string of the molecule is CCCCCCCC(C)[N+]1=CNCC1. The molecule has 0 spiro atoms. The molecule has 1 aliphatic rings. The lowest BCUT2D eigenvalue weighted by Crippen LogP contribution is -2.22. The highest BCUT2D eigenvalue weighted by atomic mass is 15.2. The third-order valence-electron chi connectivity index (χ3n) is 3.06. The van der Waals surface area contributed by atoms with Gasteiger partial charge < -0.3 is 0 Å². The Labute approximate surface area is 88.4 Å². The minimum atomic E-state index is 0.728. The Balaban J connectivity index is 2.00. The van der Waals surface area contributed by atoms with E-state index in [1.54, 1.807) is 0 Å². The molecule has 14 heavy (non-hydrogen) atoms. The normalized spacial score (nSPS) is 17.7. The minimum absolute atomic E-state index is 0.728. The Morgan fingerprint density at radius 3 is 2.71 bits per heavy atom. The molecule has 0 amide bonds. The summed E-state index contributed by atoms with van der Waals surface area (Å²) < 4.78 is 2.43. The highest BCUT2D eigenvalue weighted by Gasteiger charge is 2.15. The van der Waals surface area contributed by atoms with Crippen molar-refractivity contribution in [1.82, 2.24) is 5.32 Å². The second kappa shape index (κ2) is 6.86. The average molecular weight is 197 g/mol. The van der Waals surface area contributed by atoms with Crippen LogP contribution in [0.2, 0.25) is 0 Å². The van der Waals surface area contributed by atoms with E-state index in [2.05, 4.69) is 30.1 Å². The smallest absolute Gasteiger partial charge is 0.232 e. The Morgan fingerprint density at radius 1 is 1.29 bits per heavy atom. The van der Waals surface area contributed by atoms with Crippen LogP contribution in [0.3, 0.4) is 0 Å². The first kappa shape index (κ1) is 11.5. The van der Waals surface area contributed by atoms with Gasteiger partial charge in [0.25, 0.3) is 0 Å². The number of nitrogens with one attached hydrogen (secondary N) is 1. The molecule has 0 saturated carbocycles. The summed E-state index contributed by atoms with van der Waals surface area (Å²) in [6.07, 6.45) is 10.5. The Kier molecular flexibility index (Phi) is 5.65. The molecule has 1 rings (SSSR count). The lowest BCUT2D eigenvalue weighted by molar-refractivity contribution is -0.550. The van der Waals surface area contributed by atoms with Crippen LogP contribution in [0.15, 0.2) is 0 Å². The maximum Gasteiger partial charge on any atom is 0.232 e. The molecular formula is C12H25N2+. The largest absolute Gasteiger partial charge is 0.277 e. The summed E-state index contributed by atoms with van der Waals surface area (Å²) in [5.74, 6) is 0. The van der Waals surface area contributed by atoms with E-state index in [0.29, 0.717) is 0 Å². The molecule has 1 aliphatic heterocycles. The number of nitrogens with zero attached hydrogens (tertiary/aromatic N) is 1. The van der Waals surface area contributed by atoms with Gasteiger partial charge in [-0.05, 0) is 19.8 Å². The maximum absolute atomic E-state index is 3.26. The lowest BCUT2D eigenvalue weighted by Gasteiger charge is -2.10. The van der Waals surface area contributed by atoms with Crippen LogP contribution in [-0.2, 0) is 0 Å². The van der Waals surface area contributed by atoms with Crippen LogP contribution in [-0.4, -0.2) is 30.0 Å². The monoisotopic (exact) mass is 197 g/mol. The van der Waals surface area contributed by atoms with E-state index >= 15 is 0 Å². The van der Waals surface area contributed by atoms with E-state index in [9.17, 15) is 0 Å². The second-order valence-corrected chi connectivity index (χ2v) is 4.37. The molecule has 0 fully saturated rings. The summed E-state index contributed by atoms with van der Waals surface area (Å²) in [4.78, 5) is 0. The summed E-state index contributed by atoms with van der Waals surface area (Å²) in [5.41, 5.74) is 0. The van der Waals surface area contributed by atoms with Crippen LogP contribution in [0.1, 0.15) is 52.4 Å². The highest BCUT2D eigenvalue weighted by Crippen LogP contribution is 2.09. The predicted molar refractivity (Wildman–Crippen MR) is 62.0 cm³/mol. The van der Waals surface area contributed by atoms with Gasteiger partial charge in [0.1, 0.15) is 13.1 Å². The minimum Gasteiger partial charge on any atom is -0.277 e. The van der Waals surface area contributed by atoms with E-state index in [-0.39, 0.29) is 0 Å². The van der Waals surface area contributed by atoms with Crippen molar-refractivity contribution < 1.29 is 4.58 Å². The van der Waals surface area contributed by atoms with Gasteiger partial charge in [-0.3, -0.25) is 9.89 Å². The van der Waals surface area contributed by atoms with Gasteiger partial charge in [0.2, 0.25) is 6.34 Å². The average Bonchev–Trinajstić information content (AvgIpc) is 2.70. The highest BCUT2D eigenvalue weighted by molar-refractivity contribution is 5.49. The Morgan fingerprint density at radius 2 is 2.07 bits per heavy atom. The molecule has 2 heteroatoms. The maximum atomic E-state index is 3.26. The van der Waals surface area contributed by atoms with Crippen LogP contribution in [0.4, 0.5) is 0 Å². The molecule has 82 valence electrons. The van der Waals surface area contributed by atoms with Gasteiger partial charge in [0, 0.05) is 0 Å². The first-order chi connectivity index (χ1) is 6.84. The topological polar surface area (TPSA) is 15.0 Å². The van der Waals surface area contributed by atoms with Crippen LogP contribution in [0.5, 0.6) is 0 Å². The Bertz CT molecular complexity index is 175. The number of unbranched alkanes of at least 4 members (excludes halogenated alkanes) is 4. The molecule has 0 saturated heterocycles. The van der Waals surface area contributed by atoms with Gasteiger partial charge in [0.15, 0.2) is 0 Å². The van der Waals surface area contributed by atoms with E-state index in [1.165, 1.54) is 45.1 Å². The van der Waals surface area contributed by atoms with Crippen molar-refractivity contribution in [3.8, 4) is 0 Å². The van der Waals surface area contributed by atoms with Gasteiger partial charge in [-0.25, -0.2) is 0 Å². The summed E-state index contributed by atoms with van der Waals surface area (Å²) in [6, 6.07) is 0.728. The van der Waals surface area contributed by atoms with E-state index in [4.69, 9.17) is 0 Å². The lowest BCUT2D eigenvalue weighted by atomic mass is 10.1. The third-order valence-corrected chi connectivity index (χ3v) is 3.06. The molecule has 1 atom stereocenters. The third kappa shape index (κ3) is 4.12. The molecular weight excluding hydrogens is 172 g/mol. The van der Waals surface area contributed by atoms with Crippen LogP contribution in [0, 0.1) is 0 Å². The molecule has 0 aromatic heterocycles. The second-order valence-electron chi connectivity index (χ2n) is 4.37. The summed E-state index contributed by atoms with van der Waals surface area (Å²) in [7, 11) is 0. The van der Waals surface area contributed by atoms with E-state index in [0.717, 1.165) is 12.6 Å². The fourth-order valence-corrected chi connectivity index (χ4v) is 2.00. The summed E-state index contributed by atoms with van der Waals surface area (Å²) in [5, 5.41) is 3.26. The van der Waals surface area contributed by atoms with Gasteiger partial charge >= 0.3 is 0 Å². The molecule has 1 heterocycles. The number of hydrogen-bond acceptors (Lipinski definition) is 1. The molecule has 0 radical (unpaired) electrons. The van der Waals surface area contributed by atoms with Gasteiger partial charge in [0.05, 0.1) is 6.04 Å². The van der Waals surface area contributed by atoms with Crippen molar-refractivity contribution in [2.45, 2.75) is 58.4 Å². The predicted octanol–water partition coefficient (Wildman–Crippen LogP) is 2.38. The van der Waals surface area contributed by atoms with Crippen molar-refractivity contribution in [2.75, 3.05) is 13.1 Å². The summed E-state index contributed by atoms with van der Waals surface area (Å²) in [6.45, 7) is 6.92. The zero-order chi connectivity index (χ0) is 10.2. The van der Waals surface area contributed by atoms with Crippen molar-refractivity contribution in [1.29, 1.82) is 0 Å². The van der Waals surface area contributed by atoms with Crippen molar-refractivity contribution >= 4 is 6.34 Å². The molecule has 2 nitrogen and oxygen atoms in total. The molecule has 0 aromatic rings. The zero-order valence-electron chi connectivity index (χ0n) is 9.76. The van der Waals surface area contributed by atoms with Crippen molar-refractivity contribution in [3.63, 3.8) is 0 Å². The fraction of sp³-hybridized carbons (Fsp3) is 0.917. The standard InChI is InChI=1S/C12H24N2/c1-3-4-5-6-7-8-12(2)14-10-9-13-11-14/h11-12H,3-10H2,1-2H3/p+1. The summed E-state index contributed by atoms with van der Waals surface area (Å²) >= 11 is 0. The quantitative estimate of drug-likeness (QED) is 0.489. The van der Waals surface area contributed by atoms with E-state index < -0.39 is 0 Å². The fourth-order valence-electron chi connectivity index (χ4n) is 2.00. The van der Waals surface area contributed by atoms with Gasteiger partial charge in [-0.2, -0.15) is 0 Å². The Hall–Kier alpha value is -0.530.